The van der Waals surface area contributed by atoms with Crippen LogP contribution in [-0.4, -0.2) is 67.2 Å². The molecule has 0 radical (unpaired) electrons. The third-order valence-corrected chi connectivity index (χ3v) is 6.56. The molecule has 0 unspecified atom stereocenters. The van der Waals surface area contributed by atoms with Gasteiger partial charge in [-0.3, -0.25) is 19.5 Å². The molecule has 2 amide bonds. The molecule has 1 aromatic heterocycles. The van der Waals surface area contributed by atoms with E-state index in [0.29, 0.717) is 31.9 Å². The van der Waals surface area contributed by atoms with E-state index in [2.05, 4.69) is 19.9 Å². The fraction of sp³-hybridized carbons (Fsp3) is 0.381. The molecule has 0 spiro atoms. The number of hydrogen-bond acceptors (Lipinski definition) is 6. The number of pyridine rings is 1. The lowest BCUT2D eigenvalue weighted by Crippen LogP contribution is -2.53. The molecule has 0 aliphatic carbocycles. The van der Waals surface area contributed by atoms with Crippen molar-refractivity contribution < 1.29 is 18.0 Å². The predicted octanol–water partition coefficient (Wildman–Crippen LogP) is 1.05. The largest absolute Gasteiger partial charge is 0.339 e. The topological polar surface area (TPSA) is 112 Å². The Kier molecular flexibility index (Phi) is 7.37. The maximum atomic E-state index is 12.8. The SMILES string of the molecule is CC(=O)Nc1ccc(S(=O)(=O)N[C@@H](C)C(=O)N2CCN(Cc3cccnc3)CC2)cc1. The number of carbonyl (C=O) groups is 2. The summed E-state index contributed by atoms with van der Waals surface area (Å²) in [5.41, 5.74) is 1.62. The van der Waals surface area contributed by atoms with Crippen molar-refractivity contribution in [3.8, 4) is 0 Å². The van der Waals surface area contributed by atoms with Crippen LogP contribution in [0.4, 0.5) is 5.69 Å². The van der Waals surface area contributed by atoms with E-state index >= 15 is 0 Å². The number of piperazine rings is 1. The van der Waals surface area contributed by atoms with E-state index in [1.54, 1.807) is 18.0 Å². The van der Waals surface area contributed by atoms with Gasteiger partial charge in [0, 0.05) is 57.7 Å². The van der Waals surface area contributed by atoms with Gasteiger partial charge in [-0.05, 0) is 42.8 Å². The summed E-state index contributed by atoms with van der Waals surface area (Å²) in [6.07, 6.45) is 3.57. The smallest absolute Gasteiger partial charge is 0.241 e. The Labute approximate surface area is 182 Å². The Bertz CT molecular complexity index is 1000. The third-order valence-electron chi connectivity index (χ3n) is 5.00. The van der Waals surface area contributed by atoms with E-state index in [1.165, 1.54) is 31.2 Å². The van der Waals surface area contributed by atoms with Crippen molar-refractivity contribution in [1.29, 1.82) is 0 Å². The number of nitrogens with zero attached hydrogens (tertiary/aromatic N) is 3. The molecule has 0 saturated carbocycles. The highest BCUT2D eigenvalue weighted by atomic mass is 32.2. The summed E-state index contributed by atoms with van der Waals surface area (Å²) in [5, 5.41) is 2.58. The molecule has 2 aromatic rings. The lowest BCUT2D eigenvalue weighted by molar-refractivity contribution is -0.134. The standard InChI is InChI=1S/C21H27N5O4S/c1-16(24-31(29,30)20-7-5-19(6-8-20)23-17(2)27)21(28)26-12-10-25(11-13-26)15-18-4-3-9-22-14-18/h3-9,14,16,24H,10-13,15H2,1-2H3,(H,23,27)/t16-/m0/s1. The Morgan fingerprint density at radius 1 is 1.10 bits per heavy atom. The molecule has 10 heteroatoms. The molecule has 0 bridgehead atoms. The lowest BCUT2D eigenvalue weighted by Gasteiger charge is -2.36. The molecule has 3 rings (SSSR count). The minimum atomic E-state index is -3.87. The summed E-state index contributed by atoms with van der Waals surface area (Å²) >= 11 is 0. The van der Waals surface area contributed by atoms with Gasteiger partial charge in [0.1, 0.15) is 0 Å². The quantitative estimate of drug-likeness (QED) is 0.659. The van der Waals surface area contributed by atoms with Gasteiger partial charge >= 0.3 is 0 Å². The first-order valence-corrected chi connectivity index (χ1v) is 11.5. The Hall–Kier alpha value is -2.82. The van der Waals surface area contributed by atoms with Gasteiger partial charge in [0.2, 0.25) is 21.8 Å². The van der Waals surface area contributed by atoms with E-state index in [0.717, 1.165) is 12.1 Å². The number of benzene rings is 1. The van der Waals surface area contributed by atoms with Crippen molar-refractivity contribution in [2.45, 2.75) is 31.3 Å². The maximum absolute atomic E-state index is 12.8. The zero-order chi connectivity index (χ0) is 22.4. The van der Waals surface area contributed by atoms with Gasteiger partial charge in [0.15, 0.2) is 0 Å². The van der Waals surface area contributed by atoms with Crippen molar-refractivity contribution >= 4 is 27.5 Å². The van der Waals surface area contributed by atoms with Crippen LogP contribution in [-0.2, 0) is 26.2 Å². The molecule has 1 atom stereocenters. The van der Waals surface area contributed by atoms with Gasteiger partial charge in [0.05, 0.1) is 10.9 Å². The number of sulfonamides is 1. The van der Waals surface area contributed by atoms with Gasteiger partial charge in [-0.15, -0.1) is 0 Å². The molecular formula is C21H27N5O4S. The molecule has 1 saturated heterocycles. The summed E-state index contributed by atoms with van der Waals surface area (Å²) in [7, 11) is -3.87. The van der Waals surface area contributed by atoms with E-state index in [1.807, 2.05) is 18.3 Å². The molecule has 2 heterocycles. The van der Waals surface area contributed by atoms with E-state index in [9.17, 15) is 18.0 Å². The first kappa shape index (κ1) is 22.9. The van der Waals surface area contributed by atoms with Crippen LogP contribution in [0.25, 0.3) is 0 Å². The molecule has 2 N–H and O–H groups in total. The average Bonchev–Trinajstić information content (AvgIpc) is 2.74. The molecule has 1 aliphatic heterocycles. The van der Waals surface area contributed by atoms with Crippen LogP contribution < -0.4 is 10.0 Å². The molecule has 31 heavy (non-hydrogen) atoms. The lowest BCUT2D eigenvalue weighted by atomic mass is 10.2. The highest BCUT2D eigenvalue weighted by Crippen LogP contribution is 2.15. The summed E-state index contributed by atoms with van der Waals surface area (Å²) in [6, 6.07) is 8.82. The highest BCUT2D eigenvalue weighted by molar-refractivity contribution is 7.89. The highest BCUT2D eigenvalue weighted by Gasteiger charge is 2.28. The number of rotatable bonds is 7. The average molecular weight is 446 g/mol. The van der Waals surface area contributed by atoms with Crippen LogP contribution >= 0.6 is 0 Å². The Balaban J connectivity index is 1.53. The molecular weight excluding hydrogens is 418 g/mol. The van der Waals surface area contributed by atoms with E-state index in [4.69, 9.17) is 0 Å². The normalized spacial score (nSPS) is 16.0. The van der Waals surface area contributed by atoms with Crippen LogP contribution in [0.3, 0.4) is 0 Å². The van der Waals surface area contributed by atoms with Gasteiger partial charge in [-0.1, -0.05) is 6.07 Å². The zero-order valence-electron chi connectivity index (χ0n) is 17.6. The van der Waals surface area contributed by atoms with Gasteiger partial charge in [0.25, 0.3) is 0 Å². The van der Waals surface area contributed by atoms with Crippen LogP contribution in [0.1, 0.15) is 19.4 Å². The number of nitrogens with one attached hydrogen (secondary N) is 2. The predicted molar refractivity (Wildman–Crippen MR) is 117 cm³/mol. The Morgan fingerprint density at radius 2 is 1.77 bits per heavy atom. The van der Waals surface area contributed by atoms with Crippen molar-refractivity contribution in [1.82, 2.24) is 19.5 Å². The first-order chi connectivity index (χ1) is 14.7. The second kappa shape index (κ2) is 9.99. The summed E-state index contributed by atoms with van der Waals surface area (Å²) < 4.78 is 27.7. The number of anilines is 1. The maximum Gasteiger partial charge on any atom is 0.241 e. The van der Waals surface area contributed by atoms with Gasteiger partial charge in [-0.25, -0.2) is 8.42 Å². The van der Waals surface area contributed by atoms with Crippen molar-refractivity contribution in [3.63, 3.8) is 0 Å². The molecule has 1 aromatic carbocycles. The minimum absolute atomic E-state index is 0.0301. The van der Waals surface area contributed by atoms with E-state index in [-0.39, 0.29) is 16.7 Å². The van der Waals surface area contributed by atoms with Crippen LogP contribution in [0, 0.1) is 0 Å². The molecule has 166 valence electrons. The molecule has 1 aliphatic rings. The van der Waals surface area contributed by atoms with E-state index < -0.39 is 16.1 Å². The Morgan fingerprint density at radius 3 is 2.35 bits per heavy atom. The fourth-order valence-electron chi connectivity index (χ4n) is 3.42. The van der Waals surface area contributed by atoms with Gasteiger partial charge < -0.3 is 10.2 Å². The summed E-state index contributed by atoms with van der Waals surface area (Å²) in [6.45, 7) is 6.20. The monoisotopic (exact) mass is 445 g/mol. The van der Waals surface area contributed by atoms with Crippen molar-refractivity contribution in [3.05, 3.63) is 54.4 Å². The minimum Gasteiger partial charge on any atom is -0.339 e. The fourth-order valence-corrected chi connectivity index (χ4v) is 4.62. The summed E-state index contributed by atoms with van der Waals surface area (Å²) in [5.74, 6) is -0.493. The van der Waals surface area contributed by atoms with Crippen LogP contribution in [0.2, 0.25) is 0 Å². The third kappa shape index (κ3) is 6.33. The van der Waals surface area contributed by atoms with Crippen LogP contribution in [0.5, 0.6) is 0 Å². The second-order valence-electron chi connectivity index (χ2n) is 7.51. The number of amides is 2. The molecule has 9 nitrogen and oxygen atoms in total. The van der Waals surface area contributed by atoms with Crippen molar-refractivity contribution in [2.75, 3.05) is 31.5 Å². The van der Waals surface area contributed by atoms with Gasteiger partial charge in [-0.2, -0.15) is 4.72 Å². The van der Waals surface area contributed by atoms with Crippen molar-refractivity contribution in [2.24, 2.45) is 0 Å². The van der Waals surface area contributed by atoms with Crippen LogP contribution in [0.15, 0.2) is 53.7 Å². The number of carbonyl (C=O) groups excluding carboxylic acids is 2. The number of hydrogen-bond donors (Lipinski definition) is 2. The molecule has 1 fully saturated rings. The first-order valence-electron chi connectivity index (χ1n) is 10.0. The number of aromatic nitrogens is 1. The summed E-state index contributed by atoms with van der Waals surface area (Å²) in [4.78, 5) is 31.9. The zero-order valence-corrected chi connectivity index (χ0v) is 18.4. The second-order valence-corrected chi connectivity index (χ2v) is 9.23.